The molecule has 0 saturated carbocycles. The fraction of sp³-hybridized carbons (Fsp3) is 0. The number of carbonyl (C=O) groups is 1. The molecule has 4 nitrogen and oxygen atoms in total. The number of carbonyl (C=O) groups excluding carboxylic acids is 1. The summed E-state index contributed by atoms with van der Waals surface area (Å²) in [4.78, 5) is 22.2. The maximum atomic E-state index is 10.6. The first-order valence-electron chi connectivity index (χ1n) is 5.44. The van der Waals surface area contributed by atoms with Crippen LogP contribution in [0.25, 0.3) is 22.6 Å². The van der Waals surface area contributed by atoms with E-state index in [-0.39, 0.29) is 0 Å². The fourth-order valence-electron chi connectivity index (χ4n) is 1.74. The van der Waals surface area contributed by atoms with E-state index in [0.29, 0.717) is 32.6 Å². The number of fused-ring (bicyclic) bond motifs is 1. The van der Waals surface area contributed by atoms with E-state index in [1.807, 2.05) is 0 Å². The second-order valence-electron chi connectivity index (χ2n) is 3.96. The maximum Gasteiger partial charge on any atom is 0.157 e. The highest BCUT2D eigenvalue weighted by molar-refractivity contribution is 6.42. The van der Waals surface area contributed by atoms with Crippen molar-refractivity contribution in [1.82, 2.24) is 15.0 Å². The standard InChI is InChI=1S/C13H7Cl2N3O/c14-8-3-11-12(4-9(8)15)18-13(17-11)10-2-1-7(6-19)5-16-10/h1-6H,(H,17,18). The zero-order valence-corrected chi connectivity index (χ0v) is 11.0. The van der Waals surface area contributed by atoms with Gasteiger partial charge in [0.1, 0.15) is 5.69 Å². The first kappa shape index (κ1) is 12.1. The number of aromatic nitrogens is 3. The number of hydrogen-bond acceptors (Lipinski definition) is 3. The molecule has 6 heteroatoms. The van der Waals surface area contributed by atoms with E-state index < -0.39 is 0 Å². The Morgan fingerprint density at radius 1 is 1.16 bits per heavy atom. The van der Waals surface area contributed by atoms with E-state index in [9.17, 15) is 4.79 Å². The van der Waals surface area contributed by atoms with Gasteiger partial charge in [-0.05, 0) is 24.3 Å². The van der Waals surface area contributed by atoms with Crippen LogP contribution < -0.4 is 0 Å². The summed E-state index contributed by atoms with van der Waals surface area (Å²) in [5.41, 5.74) is 2.66. The highest BCUT2D eigenvalue weighted by Gasteiger charge is 2.09. The van der Waals surface area contributed by atoms with E-state index in [4.69, 9.17) is 23.2 Å². The summed E-state index contributed by atoms with van der Waals surface area (Å²) < 4.78 is 0. The molecule has 0 amide bonds. The van der Waals surface area contributed by atoms with Crippen molar-refractivity contribution in [2.45, 2.75) is 0 Å². The number of imidazole rings is 1. The molecule has 2 heterocycles. The Kier molecular flexibility index (Phi) is 2.97. The summed E-state index contributed by atoms with van der Waals surface area (Å²) in [6, 6.07) is 6.82. The third kappa shape index (κ3) is 2.20. The molecule has 0 unspecified atom stereocenters. The van der Waals surface area contributed by atoms with Crippen LogP contribution >= 0.6 is 23.2 Å². The maximum absolute atomic E-state index is 10.6. The number of nitrogens with zero attached hydrogens (tertiary/aromatic N) is 2. The quantitative estimate of drug-likeness (QED) is 0.732. The van der Waals surface area contributed by atoms with E-state index in [0.717, 1.165) is 11.8 Å². The lowest BCUT2D eigenvalue weighted by atomic mass is 10.2. The molecule has 0 saturated heterocycles. The van der Waals surface area contributed by atoms with Crippen molar-refractivity contribution in [3.05, 3.63) is 46.1 Å². The van der Waals surface area contributed by atoms with Crippen LogP contribution in [0, 0.1) is 0 Å². The first-order valence-corrected chi connectivity index (χ1v) is 6.19. The topological polar surface area (TPSA) is 58.6 Å². The Morgan fingerprint density at radius 3 is 2.63 bits per heavy atom. The van der Waals surface area contributed by atoms with Crippen LogP contribution in [0.1, 0.15) is 10.4 Å². The summed E-state index contributed by atoms with van der Waals surface area (Å²) in [5, 5.41) is 0.921. The number of halogens is 2. The Balaban J connectivity index is 2.11. The average molecular weight is 292 g/mol. The van der Waals surface area contributed by atoms with Crippen molar-refractivity contribution in [2.24, 2.45) is 0 Å². The molecule has 19 heavy (non-hydrogen) atoms. The summed E-state index contributed by atoms with van der Waals surface area (Å²) in [6.07, 6.45) is 2.24. The number of hydrogen-bond donors (Lipinski definition) is 1. The summed E-state index contributed by atoms with van der Waals surface area (Å²) in [6.45, 7) is 0. The second-order valence-corrected chi connectivity index (χ2v) is 4.78. The van der Waals surface area contributed by atoms with Crippen molar-refractivity contribution < 1.29 is 4.79 Å². The smallest absolute Gasteiger partial charge is 0.157 e. The number of aromatic amines is 1. The third-order valence-corrected chi connectivity index (χ3v) is 3.41. The van der Waals surface area contributed by atoms with Crippen molar-refractivity contribution in [3.8, 4) is 11.5 Å². The zero-order chi connectivity index (χ0) is 13.4. The number of benzene rings is 1. The normalized spacial score (nSPS) is 10.8. The van der Waals surface area contributed by atoms with Gasteiger partial charge >= 0.3 is 0 Å². The van der Waals surface area contributed by atoms with Crippen LogP contribution in [0.15, 0.2) is 30.5 Å². The van der Waals surface area contributed by atoms with Crippen LogP contribution in [-0.2, 0) is 0 Å². The van der Waals surface area contributed by atoms with Crippen molar-refractivity contribution in [1.29, 1.82) is 0 Å². The molecule has 3 aromatic rings. The predicted molar refractivity (Wildman–Crippen MR) is 74.7 cm³/mol. The van der Waals surface area contributed by atoms with Gasteiger partial charge in [-0.3, -0.25) is 9.78 Å². The molecule has 0 aliphatic carbocycles. The monoisotopic (exact) mass is 291 g/mol. The number of pyridine rings is 1. The molecule has 2 aromatic heterocycles. The number of aldehydes is 1. The lowest BCUT2D eigenvalue weighted by Gasteiger charge is -1.95. The van der Waals surface area contributed by atoms with Crippen molar-refractivity contribution in [2.75, 3.05) is 0 Å². The third-order valence-electron chi connectivity index (χ3n) is 2.69. The Bertz CT molecular complexity index is 726. The minimum Gasteiger partial charge on any atom is -0.337 e. The van der Waals surface area contributed by atoms with Crippen LogP contribution in [0.5, 0.6) is 0 Å². The Hall–Kier alpha value is -1.91. The van der Waals surface area contributed by atoms with Crippen LogP contribution in [0.3, 0.4) is 0 Å². The molecular formula is C13H7Cl2N3O. The molecule has 1 aromatic carbocycles. The van der Waals surface area contributed by atoms with Gasteiger partial charge in [0.25, 0.3) is 0 Å². The van der Waals surface area contributed by atoms with Crippen molar-refractivity contribution in [3.63, 3.8) is 0 Å². The molecule has 0 bridgehead atoms. The van der Waals surface area contributed by atoms with E-state index in [1.54, 1.807) is 24.3 Å². The van der Waals surface area contributed by atoms with Crippen LogP contribution in [0.2, 0.25) is 10.0 Å². The van der Waals surface area contributed by atoms with Crippen molar-refractivity contribution >= 4 is 40.5 Å². The first-order chi connectivity index (χ1) is 9.17. The van der Waals surface area contributed by atoms with Gasteiger partial charge in [-0.15, -0.1) is 0 Å². The van der Waals surface area contributed by atoms with E-state index in [2.05, 4.69) is 15.0 Å². The molecule has 0 atom stereocenters. The second kappa shape index (κ2) is 4.64. The van der Waals surface area contributed by atoms with Gasteiger partial charge in [-0.2, -0.15) is 0 Å². The van der Waals surface area contributed by atoms with Gasteiger partial charge in [0, 0.05) is 11.8 Å². The number of H-pyrrole nitrogens is 1. The molecule has 0 aliphatic heterocycles. The molecule has 0 aliphatic rings. The average Bonchev–Trinajstić information content (AvgIpc) is 2.82. The minimum absolute atomic E-state index is 0.455. The molecule has 3 rings (SSSR count). The SMILES string of the molecule is O=Cc1ccc(-c2nc3cc(Cl)c(Cl)cc3[nH]2)nc1. The van der Waals surface area contributed by atoms with Crippen LogP contribution in [0.4, 0.5) is 0 Å². The molecule has 94 valence electrons. The number of rotatable bonds is 2. The zero-order valence-electron chi connectivity index (χ0n) is 9.52. The summed E-state index contributed by atoms with van der Waals surface area (Å²) in [5.74, 6) is 0.603. The van der Waals surface area contributed by atoms with E-state index >= 15 is 0 Å². The van der Waals surface area contributed by atoms with Gasteiger partial charge < -0.3 is 4.98 Å². The largest absolute Gasteiger partial charge is 0.337 e. The lowest BCUT2D eigenvalue weighted by Crippen LogP contribution is -1.87. The van der Waals surface area contributed by atoms with Gasteiger partial charge in [0.15, 0.2) is 12.1 Å². The molecule has 1 N–H and O–H groups in total. The van der Waals surface area contributed by atoms with Gasteiger partial charge in [-0.1, -0.05) is 23.2 Å². The Labute approximate surface area is 118 Å². The predicted octanol–water partition coefficient (Wildman–Crippen LogP) is 3.74. The van der Waals surface area contributed by atoms with Gasteiger partial charge in [0.05, 0.1) is 21.1 Å². The summed E-state index contributed by atoms with van der Waals surface area (Å²) in [7, 11) is 0. The van der Waals surface area contributed by atoms with Crippen LogP contribution in [-0.4, -0.2) is 21.2 Å². The molecule has 0 spiro atoms. The number of nitrogens with one attached hydrogen (secondary N) is 1. The lowest BCUT2D eigenvalue weighted by molar-refractivity contribution is 0.112. The summed E-state index contributed by atoms with van der Waals surface area (Å²) >= 11 is 11.9. The van der Waals surface area contributed by atoms with Gasteiger partial charge in [-0.25, -0.2) is 4.98 Å². The minimum atomic E-state index is 0.455. The fourth-order valence-corrected chi connectivity index (χ4v) is 2.06. The molecule has 0 radical (unpaired) electrons. The van der Waals surface area contributed by atoms with E-state index in [1.165, 1.54) is 6.20 Å². The highest BCUT2D eigenvalue weighted by atomic mass is 35.5. The molecular weight excluding hydrogens is 285 g/mol. The highest BCUT2D eigenvalue weighted by Crippen LogP contribution is 2.28. The molecule has 0 fully saturated rings. The van der Waals surface area contributed by atoms with Gasteiger partial charge in [0.2, 0.25) is 0 Å². The Morgan fingerprint density at radius 2 is 1.95 bits per heavy atom.